The van der Waals surface area contributed by atoms with E-state index in [1.165, 1.54) is 18.2 Å². The lowest BCUT2D eigenvalue weighted by atomic mass is 10.1. The van der Waals surface area contributed by atoms with Gasteiger partial charge in [0.15, 0.2) is 11.6 Å². The molecule has 37 heavy (non-hydrogen) atoms. The molecule has 184 valence electrons. The molecule has 0 aromatic heterocycles. The zero-order chi connectivity index (χ0) is 26.5. The van der Waals surface area contributed by atoms with E-state index in [2.05, 4.69) is 23.7 Å². The van der Waals surface area contributed by atoms with Crippen LogP contribution in [0.25, 0.3) is 10.8 Å². The molecule has 0 amide bonds. The van der Waals surface area contributed by atoms with Crippen LogP contribution in [0.5, 0.6) is 5.75 Å². The number of ether oxygens (including phenoxy) is 1. The number of rotatable bonds is 3. The van der Waals surface area contributed by atoms with Crippen molar-refractivity contribution in [2.24, 2.45) is 0 Å². The Morgan fingerprint density at radius 2 is 1.14 bits per heavy atom. The molecule has 0 N–H and O–H groups in total. The van der Waals surface area contributed by atoms with Crippen LogP contribution in [0, 0.1) is 58.6 Å². The van der Waals surface area contributed by atoms with Crippen molar-refractivity contribution in [1.82, 2.24) is 0 Å². The van der Waals surface area contributed by atoms with Gasteiger partial charge in [-0.15, -0.1) is 0 Å². The number of allylic oxidation sites excluding steroid dienone is 1. The van der Waals surface area contributed by atoms with Crippen LogP contribution < -0.4 is 4.74 Å². The second kappa shape index (κ2) is 11.0. The number of halogens is 6. The Labute approximate surface area is 209 Å². The minimum absolute atomic E-state index is 0.0256. The fourth-order valence-corrected chi connectivity index (χ4v) is 3.35. The molecule has 1 nitrogen and oxygen atoms in total. The molecule has 0 bridgehead atoms. The normalized spacial score (nSPS) is 10.7. The number of hydrogen-bond acceptors (Lipinski definition) is 1. The van der Waals surface area contributed by atoms with Crippen LogP contribution in [0.2, 0.25) is 0 Å². The highest BCUT2D eigenvalue weighted by Gasteiger charge is 2.12. The van der Waals surface area contributed by atoms with Gasteiger partial charge < -0.3 is 4.74 Å². The summed E-state index contributed by atoms with van der Waals surface area (Å²) >= 11 is 0. The highest BCUT2D eigenvalue weighted by molar-refractivity contribution is 5.84. The molecule has 0 aliphatic heterocycles. The first-order chi connectivity index (χ1) is 17.7. The molecule has 0 aliphatic carbocycles. The third-order valence-electron chi connectivity index (χ3n) is 5.18. The lowest BCUT2D eigenvalue weighted by molar-refractivity contribution is 0.357. The highest BCUT2D eigenvalue weighted by atomic mass is 19.2. The molecule has 0 aliphatic rings. The zero-order valence-corrected chi connectivity index (χ0v) is 19.2. The summed E-state index contributed by atoms with van der Waals surface area (Å²) in [7, 11) is 0. The molecular weight excluding hydrogens is 490 g/mol. The van der Waals surface area contributed by atoms with Gasteiger partial charge in [-0.25, -0.2) is 26.3 Å². The lowest BCUT2D eigenvalue weighted by Gasteiger charge is -2.05. The van der Waals surface area contributed by atoms with Gasteiger partial charge in [0, 0.05) is 23.3 Å². The van der Waals surface area contributed by atoms with Gasteiger partial charge in [0.1, 0.15) is 35.6 Å². The van der Waals surface area contributed by atoms with Gasteiger partial charge in [-0.2, -0.15) is 0 Å². The first-order valence-corrected chi connectivity index (χ1v) is 10.9. The van der Waals surface area contributed by atoms with E-state index in [1.54, 1.807) is 19.1 Å². The average Bonchev–Trinajstić information content (AvgIpc) is 2.84. The second-order valence-corrected chi connectivity index (χ2v) is 7.79. The summed E-state index contributed by atoms with van der Waals surface area (Å²) < 4.78 is 89.8. The molecule has 0 atom stereocenters. The monoisotopic (exact) mass is 506 g/mol. The molecule has 4 aromatic carbocycles. The maximum Gasteiger partial charge on any atom is 0.159 e. The van der Waals surface area contributed by atoms with Crippen molar-refractivity contribution >= 4 is 10.8 Å². The lowest BCUT2D eigenvalue weighted by Crippen LogP contribution is -1.98. The van der Waals surface area contributed by atoms with Crippen molar-refractivity contribution in [2.45, 2.75) is 6.92 Å². The van der Waals surface area contributed by atoms with Crippen LogP contribution in [0.15, 0.2) is 66.7 Å². The zero-order valence-electron chi connectivity index (χ0n) is 19.2. The fraction of sp³-hybridized carbons (Fsp3) is 0.0667. The standard InChI is InChI=1S/C30H16F6O/c1-2-3-10-37-22-16-27(33)24(28(34)17-22)9-6-19-12-25(31)23(26(32)13-19)8-5-18-4-7-20-14-29(35)30(36)15-21(20)11-18/h2-4,7,11-17H,10H2,1H3/b3-2+. The van der Waals surface area contributed by atoms with Gasteiger partial charge in [-0.3, -0.25) is 0 Å². The average molecular weight is 506 g/mol. The second-order valence-electron chi connectivity index (χ2n) is 7.79. The van der Waals surface area contributed by atoms with Crippen LogP contribution in [0.1, 0.15) is 29.2 Å². The molecule has 0 spiro atoms. The fourth-order valence-electron chi connectivity index (χ4n) is 3.35. The Hall–Kier alpha value is -4.62. The van der Waals surface area contributed by atoms with Gasteiger partial charge in [0.05, 0.1) is 11.1 Å². The van der Waals surface area contributed by atoms with E-state index in [1.807, 2.05) is 0 Å². The molecule has 0 heterocycles. The molecule has 7 heteroatoms. The summed E-state index contributed by atoms with van der Waals surface area (Å²) in [5, 5.41) is 0.808. The van der Waals surface area contributed by atoms with Crippen molar-refractivity contribution in [3.63, 3.8) is 0 Å². The third kappa shape index (κ3) is 5.97. The topological polar surface area (TPSA) is 9.23 Å². The summed E-state index contributed by atoms with van der Waals surface area (Å²) in [6.45, 7) is 1.90. The van der Waals surface area contributed by atoms with Crippen LogP contribution in [0.3, 0.4) is 0 Å². The van der Waals surface area contributed by atoms with Gasteiger partial charge >= 0.3 is 0 Å². The SMILES string of the molecule is C/C=C/COc1cc(F)c(C#Cc2cc(F)c(C#Cc3ccc4cc(F)c(F)cc4c3)c(F)c2)c(F)c1. The van der Waals surface area contributed by atoms with Gasteiger partial charge in [-0.1, -0.05) is 41.9 Å². The molecular formula is C30H16F6O. The minimum Gasteiger partial charge on any atom is -0.489 e. The van der Waals surface area contributed by atoms with E-state index in [9.17, 15) is 26.3 Å². The molecule has 0 unspecified atom stereocenters. The smallest absolute Gasteiger partial charge is 0.159 e. The Balaban J connectivity index is 1.59. The van der Waals surface area contributed by atoms with Crippen LogP contribution >= 0.6 is 0 Å². The van der Waals surface area contributed by atoms with Crippen molar-refractivity contribution < 1.29 is 31.1 Å². The van der Waals surface area contributed by atoms with E-state index in [4.69, 9.17) is 4.74 Å². The predicted octanol–water partition coefficient (Wildman–Crippen LogP) is 7.43. The largest absolute Gasteiger partial charge is 0.489 e. The van der Waals surface area contributed by atoms with E-state index < -0.39 is 46.0 Å². The number of hydrogen-bond donors (Lipinski definition) is 0. The third-order valence-corrected chi connectivity index (χ3v) is 5.18. The van der Waals surface area contributed by atoms with Crippen molar-refractivity contribution in [3.8, 4) is 29.4 Å². The van der Waals surface area contributed by atoms with Gasteiger partial charge in [-0.05, 0) is 54.1 Å². The summed E-state index contributed by atoms with van der Waals surface area (Å²) in [6.07, 6.45) is 3.38. The molecule has 0 saturated heterocycles. The van der Waals surface area contributed by atoms with Crippen molar-refractivity contribution in [1.29, 1.82) is 0 Å². The summed E-state index contributed by atoms with van der Waals surface area (Å²) in [5.41, 5.74) is -0.951. The maximum absolute atomic E-state index is 14.6. The summed E-state index contributed by atoms with van der Waals surface area (Å²) in [5.74, 6) is 3.51. The Morgan fingerprint density at radius 3 is 1.73 bits per heavy atom. The summed E-state index contributed by atoms with van der Waals surface area (Å²) in [4.78, 5) is 0. The maximum atomic E-state index is 14.6. The molecule has 0 fully saturated rings. The van der Waals surface area contributed by atoms with E-state index in [-0.39, 0.29) is 17.9 Å². The Morgan fingerprint density at radius 1 is 0.595 bits per heavy atom. The Bertz CT molecular complexity index is 1620. The first kappa shape index (κ1) is 25.5. The Kier molecular flexibility index (Phi) is 7.55. The quantitative estimate of drug-likeness (QED) is 0.160. The first-order valence-electron chi connectivity index (χ1n) is 10.9. The van der Waals surface area contributed by atoms with E-state index in [0.29, 0.717) is 16.3 Å². The van der Waals surface area contributed by atoms with Crippen molar-refractivity contribution in [2.75, 3.05) is 6.61 Å². The number of fused-ring (bicyclic) bond motifs is 1. The summed E-state index contributed by atoms with van der Waals surface area (Å²) in [6, 6.07) is 10.2. The molecule has 4 aromatic rings. The number of benzene rings is 4. The van der Waals surface area contributed by atoms with Crippen LogP contribution in [-0.2, 0) is 0 Å². The van der Waals surface area contributed by atoms with Gasteiger partial charge in [0.25, 0.3) is 0 Å². The molecule has 0 saturated carbocycles. The highest BCUT2D eigenvalue weighted by Crippen LogP contribution is 2.22. The van der Waals surface area contributed by atoms with E-state index >= 15 is 0 Å². The van der Waals surface area contributed by atoms with Crippen molar-refractivity contribution in [3.05, 3.63) is 124 Å². The predicted molar refractivity (Wildman–Crippen MR) is 129 cm³/mol. The van der Waals surface area contributed by atoms with Crippen LogP contribution in [-0.4, -0.2) is 6.61 Å². The van der Waals surface area contributed by atoms with E-state index in [0.717, 1.165) is 36.4 Å². The van der Waals surface area contributed by atoms with Crippen LogP contribution in [0.4, 0.5) is 26.3 Å². The minimum atomic E-state index is -1.03. The molecule has 4 rings (SSSR count). The van der Waals surface area contributed by atoms with Gasteiger partial charge in [0.2, 0.25) is 0 Å². The molecule has 0 radical (unpaired) electrons.